The number of likely N-dealkylation sites (tertiary alicyclic amines) is 1. The van der Waals surface area contributed by atoms with E-state index >= 15 is 0 Å². The van der Waals surface area contributed by atoms with Crippen LogP contribution in [-0.4, -0.2) is 62.4 Å². The monoisotopic (exact) mass is 473 g/mol. The number of nitrogens with zero attached hydrogens (tertiary/aromatic N) is 2. The second kappa shape index (κ2) is 11.3. The van der Waals surface area contributed by atoms with Gasteiger partial charge in [0, 0.05) is 26.7 Å². The second-order valence-electron chi connectivity index (χ2n) is 8.25. The summed E-state index contributed by atoms with van der Waals surface area (Å²) in [7, 11) is -1.75. The van der Waals surface area contributed by atoms with Gasteiger partial charge in [-0.2, -0.15) is 0 Å². The number of rotatable bonds is 8. The number of hydrogen-bond acceptors (Lipinski definition) is 5. The van der Waals surface area contributed by atoms with Crippen molar-refractivity contribution in [2.45, 2.75) is 32.2 Å². The molecule has 0 bridgehead atoms. The Hall–Kier alpha value is -2.91. The summed E-state index contributed by atoms with van der Waals surface area (Å²) in [4.78, 5) is 27.3. The van der Waals surface area contributed by atoms with E-state index in [2.05, 4.69) is 5.32 Å². The third-order valence-corrected chi connectivity index (χ3v) is 6.85. The molecule has 1 aliphatic rings. The first-order valence-corrected chi connectivity index (χ1v) is 12.9. The number of carbonyl (C=O) groups is 2. The quantitative estimate of drug-likeness (QED) is 0.636. The minimum atomic E-state index is -3.26. The first-order chi connectivity index (χ1) is 15.7. The zero-order chi connectivity index (χ0) is 23.8. The van der Waals surface area contributed by atoms with Gasteiger partial charge < -0.3 is 15.0 Å². The molecule has 9 heteroatoms. The summed E-state index contributed by atoms with van der Waals surface area (Å²) in [6.45, 7) is 1.51. The maximum absolute atomic E-state index is 13.0. The van der Waals surface area contributed by atoms with Crippen molar-refractivity contribution in [1.82, 2.24) is 9.21 Å². The lowest BCUT2D eigenvalue weighted by atomic mass is 10.1. The Morgan fingerprint density at radius 3 is 2.27 bits per heavy atom. The maximum Gasteiger partial charge on any atom is 0.262 e. The van der Waals surface area contributed by atoms with Gasteiger partial charge >= 0.3 is 0 Å². The van der Waals surface area contributed by atoms with Crippen molar-refractivity contribution in [1.29, 1.82) is 0 Å². The van der Waals surface area contributed by atoms with Crippen LogP contribution in [0.4, 0.5) is 5.69 Å². The molecule has 0 radical (unpaired) electrons. The Kier molecular flexibility index (Phi) is 8.46. The topological polar surface area (TPSA) is 96.0 Å². The van der Waals surface area contributed by atoms with Crippen LogP contribution in [0.1, 0.15) is 41.6 Å². The molecule has 0 saturated carbocycles. The number of amides is 2. The highest BCUT2D eigenvalue weighted by Gasteiger charge is 2.20. The van der Waals surface area contributed by atoms with Crippen LogP contribution in [0.3, 0.4) is 0 Å². The molecular weight excluding hydrogens is 442 g/mol. The number of ether oxygens (including phenoxy) is 1. The fourth-order valence-corrected chi connectivity index (χ4v) is 4.01. The third-order valence-electron chi connectivity index (χ3n) is 5.59. The fraction of sp³-hybridized carbons (Fsp3) is 0.417. The zero-order valence-electron chi connectivity index (χ0n) is 19.1. The Bertz CT molecular complexity index is 1060. The van der Waals surface area contributed by atoms with E-state index in [0.717, 1.165) is 50.6 Å². The Balaban J connectivity index is 1.56. The van der Waals surface area contributed by atoms with Crippen molar-refractivity contribution in [2.24, 2.45) is 0 Å². The molecule has 0 spiro atoms. The minimum absolute atomic E-state index is 0.0663. The molecular formula is C24H31N3O5S. The zero-order valence-corrected chi connectivity index (χ0v) is 19.9. The van der Waals surface area contributed by atoms with Crippen molar-refractivity contribution in [3.05, 3.63) is 59.7 Å². The van der Waals surface area contributed by atoms with Crippen LogP contribution in [0.5, 0.6) is 5.75 Å². The van der Waals surface area contributed by atoms with Crippen molar-refractivity contribution in [3.63, 3.8) is 0 Å². The number of sulfonamides is 1. The smallest absolute Gasteiger partial charge is 0.262 e. The number of hydrogen-bond donors (Lipinski definition) is 1. The average Bonchev–Trinajstić information content (AvgIpc) is 3.07. The Labute approximate surface area is 195 Å². The lowest BCUT2D eigenvalue weighted by Gasteiger charge is -2.22. The molecule has 2 amide bonds. The molecule has 1 fully saturated rings. The van der Waals surface area contributed by atoms with E-state index in [4.69, 9.17) is 4.74 Å². The van der Waals surface area contributed by atoms with Crippen LogP contribution in [0.25, 0.3) is 0 Å². The molecule has 1 saturated heterocycles. The SMILES string of the molecule is CN(Cc1ccc(OCC(=O)Nc2ccccc2C(=O)N2CCCCCC2)cc1)S(C)(=O)=O. The largest absolute Gasteiger partial charge is 0.484 e. The number of benzene rings is 2. The number of para-hydroxylation sites is 1. The van der Waals surface area contributed by atoms with Gasteiger partial charge in [-0.15, -0.1) is 0 Å². The first kappa shape index (κ1) is 24.7. The first-order valence-electron chi connectivity index (χ1n) is 11.1. The van der Waals surface area contributed by atoms with E-state index in [1.807, 2.05) is 4.90 Å². The van der Waals surface area contributed by atoms with Crippen LogP contribution in [-0.2, 0) is 21.4 Å². The highest BCUT2D eigenvalue weighted by Crippen LogP contribution is 2.20. The van der Waals surface area contributed by atoms with Crippen LogP contribution in [0.15, 0.2) is 48.5 Å². The van der Waals surface area contributed by atoms with Gasteiger partial charge in [-0.05, 0) is 42.7 Å². The molecule has 2 aromatic rings. The standard InChI is InChI=1S/C24H31N3O5S/c1-26(33(2,30)31)17-19-11-13-20(14-12-19)32-18-23(28)25-22-10-6-5-9-21(22)24(29)27-15-7-3-4-8-16-27/h5-6,9-14H,3-4,7-8,15-18H2,1-2H3,(H,25,28). The van der Waals surface area contributed by atoms with Gasteiger partial charge in [0.15, 0.2) is 6.61 Å². The summed E-state index contributed by atoms with van der Waals surface area (Å²) >= 11 is 0. The highest BCUT2D eigenvalue weighted by atomic mass is 32.2. The van der Waals surface area contributed by atoms with Crippen LogP contribution in [0.2, 0.25) is 0 Å². The van der Waals surface area contributed by atoms with Gasteiger partial charge in [0.1, 0.15) is 5.75 Å². The van der Waals surface area contributed by atoms with Gasteiger partial charge in [0.25, 0.3) is 11.8 Å². The maximum atomic E-state index is 13.0. The lowest BCUT2D eigenvalue weighted by Crippen LogP contribution is -2.33. The number of carbonyl (C=O) groups excluding carboxylic acids is 2. The molecule has 3 rings (SSSR count). The highest BCUT2D eigenvalue weighted by molar-refractivity contribution is 7.88. The summed E-state index contributed by atoms with van der Waals surface area (Å²) in [5, 5.41) is 2.79. The van der Waals surface area contributed by atoms with Gasteiger partial charge in [-0.1, -0.05) is 37.1 Å². The van der Waals surface area contributed by atoms with Gasteiger partial charge in [0.2, 0.25) is 10.0 Å². The molecule has 1 heterocycles. The lowest BCUT2D eigenvalue weighted by molar-refractivity contribution is -0.118. The van der Waals surface area contributed by atoms with E-state index in [1.165, 1.54) is 11.4 Å². The van der Waals surface area contributed by atoms with Crippen LogP contribution >= 0.6 is 0 Å². The van der Waals surface area contributed by atoms with Crippen molar-refractivity contribution >= 4 is 27.5 Å². The molecule has 0 unspecified atom stereocenters. The van der Waals surface area contributed by atoms with Crippen LogP contribution < -0.4 is 10.1 Å². The summed E-state index contributed by atoms with van der Waals surface area (Å²) in [6.07, 6.45) is 5.42. The van der Waals surface area contributed by atoms with Crippen molar-refractivity contribution in [3.8, 4) is 5.75 Å². The Morgan fingerprint density at radius 1 is 1.00 bits per heavy atom. The van der Waals surface area contributed by atoms with Gasteiger partial charge in [-0.25, -0.2) is 12.7 Å². The third kappa shape index (κ3) is 7.30. The minimum Gasteiger partial charge on any atom is -0.484 e. The van der Waals surface area contributed by atoms with Crippen molar-refractivity contribution < 1.29 is 22.7 Å². The molecule has 0 aromatic heterocycles. The van der Waals surface area contributed by atoms with Crippen LogP contribution in [0, 0.1) is 0 Å². The summed E-state index contributed by atoms with van der Waals surface area (Å²) in [6, 6.07) is 13.9. The Morgan fingerprint density at radius 2 is 1.64 bits per heavy atom. The molecule has 1 N–H and O–H groups in total. The summed E-state index contributed by atoms with van der Waals surface area (Å²) in [5.74, 6) is 0.0557. The second-order valence-corrected chi connectivity index (χ2v) is 10.3. The molecule has 178 valence electrons. The predicted octanol–water partition coefficient (Wildman–Crippen LogP) is 3.11. The molecule has 8 nitrogen and oxygen atoms in total. The van der Waals surface area contributed by atoms with Gasteiger partial charge in [0.05, 0.1) is 17.5 Å². The van der Waals surface area contributed by atoms with E-state index < -0.39 is 10.0 Å². The predicted molar refractivity (Wildman–Crippen MR) is 128 cm³/mol. The van der Waals surface area contributed by atoms with Gasteiger partial charge in [-0.3, -0.25) is 9.59 Å². The normalized spacial score (nSPS) is 14.6. The summed E-state index contributed by atoms with van der Waals surface area (Å²) in [5.41, 5.74) is 1.76. The molecule has 33 heavy (non-hydrogen) atoms. The molecule has 0 atom stereocenters. The van der Waals surface area contributed by atoms with E-state index in [1.54, 1.807) is 48.5 Å². The van der Waals surface area contributed by atoms with Crippen molar-refractivity contribution in [2.75, 3.05) is 38.3 Å². The fourth-order valence-electron chi connectivity index (χ4n) is 3.62. The molecule has 1 aliphatic heterocycles. The summed E-state index contributed by atoms with van der Waals surface area (Å²) < 4.78 is 29.9. The molecule has 2 aromatic carbocycles. The molecule has 0 aliphatic carbocycles. The van der Waals surface area contributed by atoms with E-state index in [-0.39, 0.29) is 25.0 Å². The number of nitrogens with one attached hydrogen (secondary N) is 1. The van der Waals surface area contributed by atoms with E-state index in [0.29, 0.717) is 17.0 Å². The average molecular weight is 474 g/mol. The number of anilines is 1. The van der Waals surface area contributed by atoms with E-state index in [9.17, 15) is 18.0 Å².